The molecule has 3 N–H and O–H groups in total. The second-order valence-electron chi connectivity index (χ2n) is 7.47. The molecule has 1 saturated heterocycles. The van der Waals surface area contributed by atoms with Gasteiger partial charge in [-0.2, -0.15) is 0 Å². The maximum Gasteiger partial charge on any atom is 0.573 e. The molecule has 1 fully saturated rings. The summed E-state index contributed by atoms with van der Waals surface area (Å²) in [5, 5.41) is 15.8. The van der Waals surface area contributed by atoms with E-state index in [9.17, 15) is 27.9 Å². The number of carbonyl (C=O) groups excluding carboxylic acids is 2. The summed E-state index contributed by atoms with van der Waals surface area (Å²) in [5.74, 6) is -0.203. The van der Waals surface area contributed by atoms with E-state index in [-0.39, 0.29) is 12.2 Å². The number of hydrogen-bond acceptors (Lipinski definition) is 5. The molecule has 33 heavy (non-hydrogen) atoms. The SMILES string of the molecule is COc1ccc(C(=O)N[C@@H]2CN(C(=O)Nc3ccc(OC(F)(F)F)cc3)CCC[C@H]2O)cc1. The minimum Gasteiger partial charge on any atom is -0.497 e. The van der Waals surface area contributed by atoms with Crippen molar-refractivity contribution in [3.63, 3.8) is 0 Å². The topological polar surface area (TPSA) is 100 Å². The predicted octanol–water partition coefficient (Wildman–Crippen LogP) is 3.38. The zero-order valence-corrected chi connectivity index (χ0v) is 17.8. The first-order valence-corrected chi connectivity index (χ1v) is 10.2. The third-order valence-corrected chi connectivity index (χ3v) is 5.10. The van der Waals surface area contributed by atoms with Crippen molar-refractivity contribution in [2.75, 3.05) is 25.5 Å². The number of anilines is 1. The van der Waals surface area contributed by atoms with Crippen LogP contribution in [-0.4, -0.2) is 60.7 Å². The second kappa shape index (κ2) is 10.4. The zero-order valence-electron chi connectivity index (χ0n) is 17.8. The van der Waals surface area contributed by atoms with Gasteiger partial charge in [0, 0.05) is 24.3 Å². The van der Waals surface area contributed by atoms with Crippen LogP contribution >= 0.6 is 0 Å². The molecule has 2 aromatic carbocycles. The summed E-state index contributed by atoms with van der Waals surface area (Å²) < 4.78 is 45.7. The fourth-order valence-corrected chi connectivity index (χ4v) is 3.41. The summed E-state index contributed by atoms with van der Waals surface area (Å²) in [4.78, 5) is 26.7. The summed E-state index contributed by atoms with van der Waals surface area (Å²) in [6.45, 7) is 0.400. The van der Waals surface area contributed by atoms with E-state index in [1.165, 1.54) is 24.1 Å². The minimum atomic E-state index is -4.80. The molecule has 1 aliphatic heterocycles. The number of aliphatic hydroxyl groups excluding tert-OH is 1. The van der Waals surface area contributed by atoms with Crippen molar-refractivity contribution in [2.24, 2.45) is 0 Å². The standard InChI is InChI=1S/C22H24F3N3O5/c1-32-16-8-4-14(5-9-16)20(30)27-18-13-28(12-2-3-19(18)29)21(31)26-15-6-10-17(11-7-15)33-22(23,24)25/h4-11,18-19,29H,2-3,12-13H2,1H3,(H,26,31)(H,27,30)/t18-,19-/m1/s1. The molecule has 2 atom stereocenters. The van der Waals surface area contributed by atoms with E-state index in [0.29, 0.717) is 30.7 Å². The third-order valence-electron chi connectivity index (χ3n) is 5.10. The maximum atomic E-state index is 12.7. The molecule has 0 spiro atoms. The Labute approximate surface area is 188 Å². The van der Waals surface area contributed by atoms with Gasteiger partial charge in [-0.05, 0) is 61.4 Å². The first-order valence-electron chi connectivity index (χ1n) is 10.2. The van der Waals surface area contributed by atoms with Crippen LogP contribution in [-0.2, 0) is 0 Å². The summed E-state index contributed by atoms with van der Waals surface area (Å²) >= 11 is 0. The Morgan fingerprint density at radius 2 is 1.70 bits per heavy atom. The van der Waals surface area contributed by atoms with Crippen LogP contribution in [0.25, 0.3) is 0 Å². The highest BCUT2D eigenvalue weighted by molar-refractivity contribution is 5.94. The van der Waals surface area contributed by atoms with Crippen molar-refractivity contribution in [1.82, 2.24) is 10.2 Å². The number of carbonyl (C=O) groups is 2. The fourth-order valence-electron chi connectivity index (χ4n) is 3.41. The molecule has 0 radical (unpaired) electrons. The highest BCUT2D eigenvalue weighted by Gasteiger charge is 2.31. The van der Waals surface area contributed by atoms with Gasteiger partial charge in [0.2, 0.25) is 0 Å². The minimum absolute atomic E-state index is 0.0597. The number of nitrogens with one attached hydrogen (secondary N) is 2. The maximum absolute atomic E-state index is 12.7. The van der Waals surface area contributed by atoms with Crippen LogP contribution in [0.4, 0.5) is 23.7 Å². The molecule has 11 heteroatoms. The lowest BCUT2D eigenvalue weighted by molar-refractivity contribution is -0.274. The number of nitrogens with zero attached hydrogens (tertiary/aromatic N) is 1. The first kappa shape index (κ1) is 24.2. The molecule has 3 amide bonds. The largest absolute Gasteiger partial charge is 0.573 e. The summed E-state index contributed by atoms with van der Waals surface area (Å²) in [5.41, 5.74) is 0.655. The van der Waals surface area contributed by atoms with E-state index in [2.05, 4.69) is 15.4 Å². The molecule has 1 aliphatic rings. The zero-order chi connectivity index (χ0) is 24.0. The van der Waals surface area contributed by atoms with Crippen molar-refractivity contribution in [3.8, 4) is 11.5 Å². The van der Waals surface area contributed by atoms with Gasteiger partial charge in [0.1, 0.15) is 11.5 Å². The Bertz CT molecular complexity index is 951. The molecule has 1 heterocycles. The van der Waals surface area contributed by atoms with Gasteiger partial charge in [0.05, 0.1) is 19.3 Å². The highest BCUT2D eigenvalue weighted by Crippen LogP contribution is 2.24. The number of rotatable bonds is 5. The van der Waals surface area contributed by atoms with Crippen molar-refractivity contribution in [1.29, 1.82) is 0 Å². The van der Waals surface area contributed by atoms with Gasteiger partial charge in [-0.25, -0.2) is 4.79 Å². The van der Waals surface area contributed by atoms with E-state index < -0.39 is 36.2 Å². The van der Waals surface area contributed by atoms with Crippen LogP contribution in [0.5, 0.6) is 11.5 Å². The molecular formula is C22H24F3N3O5. The third kappa shape index (κ3) is 7.01. The Morgan fingerprint density at radius 1 is 1.06 bits per heavy atom. The molecule has 8 nitrogen and oxygen atoms in total. The lowest BCUT2D eigenvalue weighted by Gasteiger charge is -2.27. The monoisotopic (exact) mass is 467 g/mol. The van der Waals surface area contributed by atoms with Gasteiger partial charge in [0.25, 0.3) is 5.91 Å². The number of benzene rings is 2. The fraction of sp³-hybridized carbons (Fsp3) is 0.364. The second-order valence-corrected chi connectivity index (χ2v) is 7.47. The van der Waals surface area contributed by atoms with E-state index in [0.717, 1.165) is 12.1 Å². The van der Waals surface area contributed by atoms with Crippen molar-refractivity contribution < 1.29 is 37.3 Å². The number of hydrogen-bond donors (Lipinski definition) is 3. The number of ether oxygens (including phenoxy) is 2. The molecule has 0 saturated carbocycles. The number of urea groups is 1. The molecule has 178 valence electrons. The quantitative estimate of drug-likeness (QED) is 0.626. The number of methoxy groups -OCH3 is 1. The number of alkyl halides is 3. The van der Waals surface area contributed by atoms with E-state index >= 15 is 0 Å². The number of likely N-dealkylation sites (tertiary alicyclic amines) is 1. The average molecular weight is 467 g/mol. The Balaban J connectivity index is 1.61. The van der Waals surface area contributed by atoms with E-state index in [4.69, 9.17) is 4.74 Å². The van der Waals surface area contributed by atoms with Gasteiger partial charge in [-0.15, -0.1) is 13.2 Å². The first-order chi connectivity index (χ1) is 15.6. The number of aliphatic hydroxyl groups is 1. The number of halogens is 3. The van der Waals surface area contributed by atoms with Gasteiger partial charge >= 0.3 is 12.4 Å². The summed E-state index contributed by atoms with van der Waals surface area (Å²) in [6, 6.07) is 10.0. The van der Waals surface area contributed by atoms with Crippen LogP contribution in [0.2, 0.25) is 0 Å². The molecule has 0 aliphatic carbocycles. The van der Waals surface area contributed by atoms with Crippen molar-refractivity contribution >= 4 is 17.6 Å². The summed E-state index contributed by atoms with van der Waals surface area (Å²) in [6.07, 6.45) is -4.74. The Hall–Kier alpha value is -3.47. The molecular weight excluding hydrogens is 443 g/mol. The van der Waals surface area contributed by atoms with Gasteiger partial charge in [0.15, 0.2) is 0 Å². The van der Waals surface area contributed by atoms with Crippen LogP contribution in [0.15, 0.2) is 48.5 Å². The number of amides is 3. The van der Waals surface area contributed by atoms with E-state index in [1.807, 2.05) is 0 Å². The molecule has 0 aromatic heterocycles. The molecule has 0 unspecified atom stereocenters. The predicted molar refractivity (Wildman–Crippen MR) is 113 cm³/mol. The van der Waals surface area contributed by atoms with Crippen LogP contribution < -0.4 is 20.1 Å². The van der Waals surface area contributed by atoms with E-state index in [1.54, 1.807) is 24.3 Å². The van der Waals surface area contributed by atoms with Gasteiger partial charge in [-0.3, -0.25) is 4.79 Å². The molecule has 3 rings (SSSR count). The highest BCUT2D eigenvalue weighted by atomic mass is 19.4. The van der Waals surface area contributed by atoms with Crippen LogP contribution in [0.1, 0.15) is 23.2 Å². The molecule has 0 bridgehead atoms. The van der Waals surface area contributed by atoms with Crippen LogP contribution in [0, 0.1) is 0 Å². The lowest BCUT2D eigenvalue weighted by atomic mass is 10.1. The molecule has 2 aromatic rings. The van der Waals surface area contributed by atoms with Crippen molar-refractivity contribution in [3.05, 3.63) is 54.1 Å². The smallest absolute Gasteiger partial charge is 0.497 e. The Kier molecular flexibility index (Phi) is 7.64. The van der Waals surface area contributed by atoms with Crippen molar-refractivity contribution in [2.45, 2.75) is 31.3 Å². The normalized spacial score (nSPS) is 18.8. The van der Waals surface area contributed by atoms with Gasteiger partial charge in [-0.1, -0.05) is 0 Å². The van der Waals surface area contributed by atoms with Crippen LogP contribution in [0.3, 0.4) is 0 Å². The van der Waals surface area contributed by atoms with Gasteiger partial charge < -0.3 is 30.1 Å². The Morgan fingerprint density at radius 3 is 2.30 bits per heavy atom. The summed E-state index contributed by atoms with van der Waals surface area (Å²) in [7, 11) is 1.52. The lowest BCUT2D eigenvalue weighted by Crippen LogP contribution is -2.50. The average Bonchev–Trinajstić information content (AvgIpc) is 2.95.